The van der Waals surface area contributed by atoms with Crippen molar-refractivity contribution in [3.05, 3.63) is 40.5 Å². The van der Waals surface area contributed by atoms with E-state index in [2.05, 4.69) is 27.6 Å². The maximum Gasteiger partial charge on any atom is 0.267 e. The Morgan fingerprint density at radius 3 is 2.86 bits per heavy atom. The molecule has 2 N–H and O–H groups in total. The van der Waals surface area contributed by atoms with Crippen LogP contribution in [0.2, 0.25) is 0 Å². The number of carbonyl (C=O) groups is 1. The first-order valence-corrected chi connectivity index (χ1v) is 9.43. The monoisotopic (exact) mass is 399 g/mol. The molecule has 2 heterocycles. The van der Waals surface area contributed by atoms with Crippen LogP contribution in [-0.4, -0.2) is 43.6 Å². The van der Waals surface area contributed by atoms with Gasteiger partial charge in [0.05, 0.1) is 19.9 Å². The number of nitrogens with one attached hydrogen (secondary N) is 2. The number of likely N-dealkylation sites (N-methyl/N-ethyl adjacent to an activating group) is 1. The van der Waals surface area contributed by atoms with Crippen LogP contribution in [0, 0.1) is 11.3 Å². The molecule has 2 aromatic rings. The maximum absolute atomic E-state index is 12.4. The van der Waals surface area contributed by atoms with Crippen molar-refractivity contribution in [1.29, 1.82) is 5.26 Å². The number of methoxy groups -OCH3 is 2. The van der Waals surface area contributed by atoms with E-state index in [0.717, 1.165) is 25.2 Å². The largest absolute Gasteiger partial charge is 0.493 e. The number of fused-ring (bicyclic) bond motifs is 1. The fourth-order valence-electron chi connectivity index (χ4n) is 2.78. The lowest BCUT2D eigenvalue weighted by Crippen LogP contribution is -2.25. The molecule has 0 saturated heterocycles. The molecule has 0 radical (unpaired) electrons. The number of carbonyl (C=O) groups excluding carboxylic acids is 1. The number of nitrogens with zero attached hydrogens (tertiary/aromatic N) is 3. The first kappa shape index (κ1) is 19.7. The summed E-state index contributed by atoms with van der Waals surface area (Å²) in [5, 5.41) is 15.7. The number of aromatic nitrogens is 1. The van der Waals surface area contributed by atoms with Gasteiger partial charge in [-0.25, -0.2) is 4.98 Å². The lowest BCUT2D eigenvalue weighted by atomic mass is 10.2. The van der Waals surface area contributed by atoms with E-state index >= 15 is 0 Å². The molecule has 3 rings (SSSR count). The third-order valence-electron chi connectivity index (χ3n) is 4.27. The second-order valence-electron chi connectivity index (χ2n) is 6.21. The van der Waals surface area contributed by atoms with E-state index in [1.54, 1.807) is 18.2 Å². The summed E-state index contributed by atoms with van der Waals surface area (Å²) in [5.74, 6) is 0.513. The highest BCUT2D eigenvalue weighted by Gasteiger charge is 2.18. The zero-order chi connectivity index (χ0) is 20.1. The van der Waals surface area contributed by atoms with E-state index in [4.69, 9.17) is 9.47 Å². The lowest BCUT2D eigenvalue weighted by molar-refractivity contribution is -0.112. The molecule has 0 unspecified atom stereocenters. The molecule has 9 heteroatoms. The van der Waals surface area contributed by atoms with Gasteiger partial charge in [0.25, 0.3) is 5.91 Å². The number of amides is 1. The number of ether oxygens (including phenoxy) is 2. The molecule has 0 atom stereocenters. The molecule has 1 aromatic heterocycles. The van der Waals surface area contributed by atoms with Gasteiger partial charge in [-0.3, -0.25) is 4.79 Å². The van der Waals surface area contributed by atoms with Gasteiger partial charge in [-0.1, -0.05) is 0 Å². The predicted molar refractivity (Wildman–Crippen MR) is 108 cm³/mol. The van der Waals surface area contributed by atoms with Gasteiger partial charge < -0.3 is 25.0 Å². The summed E-state index contributed by atoms with van der Waals surface area (Å²) in [6, 6.07) is 6.89. The Balaban J connectivity index is 1.69. The Kier molecular flexibility index (Phi) is 6.13. The van der Waals surface area contributed by atoms with E-state index in [0.29, 0.717) is 22.3 Å². The van der Waals surface area contributed by atoms with Crippen molar-refractivity contribution >= 4 is 28.1 Å². The molecule has 0 bridgehead atoms. The van der Waals surface area contributed by atoms with Crippen LogP contribution in [0.3, 0.4) is 0 Å². The van der Waals surface area contributed by atoms with Gasteiger partial charge in [0, 0.05) is 42.3 Å². The fraction of sp³-hybridized carbons (Fsp3) is 0.316. The van der Waals surface area contributed by atoms with E-state index in [9.17, 15) is 10.1 Å². The average molecular weight is 399 g/mol. The summed E-state index contributed by atoms with van der Waals surface area (Å²) in [5.41, 5.74) is 1.52. The van der Waals surface area contributed by atoms with Gasteiger partial charge in [0.2, 0.25) is 0 Å². The molecule has 0 saturated carbocycles. The zero-order valence-corrected chi connectivity index (χ0v) is 16.7. The molecular weight excluding hydrogens is 378 g/mol. The summed E-state index contributed by atoms with van der Waals surface area (Å²) in [7, 11) is 5.12. The van der Waals surface area contributed by atoms with Crippen molar-refractivity contribution in [2.75, 3.05) is 38.4 Å². The van der Waals surface area contributed by atoms with Crippen molar-refractivity contribution in [1.82, 2.24) is 9.88 Å². The standard InChI is InChI=1S/C19H21N5O3S/c1-24-7-6-14-17(11-24)28-19(23-14)21-10-12(9-20)18(25)22-13-4-5-15(26-2)16(8-13)27-3/h4-5,8,10H,6-7,11H2,1-3H3,(H,21,23)(H,22,25)/b12-10-. The van der Waals surface area contributed by atoms with Crippen LogP contribution in [-0.2, 0) is 17.8 Å². The summed E-state index contributed by atoms with van der Waals surface area (Å²) in [4.78, 5) is 20.4. The van der Waals surface area contributed by atoms with Crippen LogP contribution in [0.4, 0.5) is 10.8 Å². The number of hydrogen-bond donors (Lipinski definition) is 2. The van der Waals surface area contributed by atoms with Crippen LogP contribution < -0.4 is 20.1 Å². The van der Waals surface area contributed by atoms with Crippen molar-refractivity contribution in [2.45, 2.75) is 13.0 Å². The normalized spacial score (nSPS) is 14.0. The highest BCUT2D eigenvalue weighted by molar-refractivity contribution is 7.15. The third-order valence-corrected chi connectivity index (χ3v) is 5.28. The van der Waals surface area contributed by atoms with Crippen LogP contribution in [0.15, 0.2) is 30.0 Å². The first-order valence-electron chi connectivity index (χ1n) is 8.61. The molecule has 1 aliphatic heterocycles. The second kappa shape index (κ2) is 8.73. The van der Waals surface area contributed by atoms with Gasteiger partial charge in [-0.15, -0.1) is 11.3 Å². The Hall–Kier alpha value is -3.09. The van der Waals surface area contributed by atoms with Crippen LogP contribution in [0.1, 0.15) is 10.6 Å². The molecule has 0 aliphatic carbocycles. The summed E-state index contributed by atoms with van der Waals surface area (Å²) >= 11 is 1.54. The number of anilines is 2. The number of nitriles is 1. The maximum atomic E-state index is 12.4. The minimum absolute atomic E-state index is 0.0555. The minimum Gasteiger partial charge on any atom is -0.493 e. The fourth-order valence-corrected chi connectivity index (χ4v) is 3.84. The molecule has 0 spiro atoms. The quantitative estimate of drug-likeness (QED) is 0.569. The summed E-state index contributed by atoms with van der Waals surface area (Å²) in [6.07, 6.45) is 2.28. The van der Waals surface area contributed by atoms with Crippen LogP contribution >= 0.6 is 11.3 Å². The SMILES string of the molecule is COc1ccc(NC(=O)/C(C#N)=C\Nc2nc3c(s2)CN(C)CC3)cc1OC. The Morgan fingerprint density at radius 1 is 1.36 bits per heavy atom. The van der Waals surface area contributed by atoms with E-state index in [-0.39, 0.29) is 5.57 Å². The molecule has 1 amide bonds. The molecule has 1 aliphatic rings. The molecule has 146 valence electrons. The molecule has 1 aromatic carbocycles. The van der Waals surface area contributed by atoms with Gasteiger partial charge in [0.1, 0.15) is 11.6 Å². The average Bonchev–Trinajstić information content (AvgIpc) is 3.10. The van der Waals surface area contributed by atoms with Crippen molar-refractivity contribution in [2.24, 2.45) is 0 Å². The van der Waals surface area contributed by atoms with Crippen LogP contribution in [0.25, 0.3) is 0 Å². The Labute approximate surface area is 167 Å². The highest BCUT2D eigenvalue weighted by atomic mass is 32.1. The Bertz CT molecular complexity index is 948. The smallest absolute Gasteiger partial charge is 0.267 e. The zero-order valence-electron chi connectivity index (χ0n) is 15.9. The van der Waals surface area contributed by atoms with Gasteiger partial charge in [-0.05, 0) is 19.2 Å². The van der Waals surface area contributed by atoms with E-state index < -0.39 is 5.91 Å². The predicted octanol–water partition coefficient (Wildman–Crippen LogP) is 2.61. The van der Waals surface area contributed by atoms with E-state index in [1.807, 2.05) is 6.07 Å². The van der Waals surface area contributed by atoms with Crippen molar-refractivity contribution < 1.29 is 14.3 Å². The van der Waals surface area contributed by atoms with Crippen LogP contribution in [0.5, 0.6) is 11.5 Å². The van der Waals surface area contributed by atoms with Crippen molar-refractivity contribution in [3.63, 3.8) is 0 Å². The summed E-state index contributed by atoms with van der Waals surface area (Å²) in [6.45, 7) is 1.84. The lowest BCUT2D eigenvalue weighted by Gasteiger charge is -2.20. The van der Waals surface area contributed by atoms with Gasteiger partial charge in [0.15, 0.2) is 16.6 Å². The molecular formula is C19H21N5O3S. The highest BCUT2D eigenvalue weighted by Crippen LogP contribution is 2.30. The Morgan fingerprint density at radius 2 is 2.14 bits per heavy atom. The number of benzene rings is 1. The van der Waals surface area contributed by atoms with E-state index in [1.165, 1.54) is 36.6 Å². The molecule has 0 fully saturated rings. The summed E-state index contributed by atoms with van der Waals surface area (Å²) < 4.78 is 10.4. The topological polar surface area (TPSA) is 99.5 Å². The number of thiazole rings is 1. The molecule has 8 nitrogen and oxygen atoms in total. The number of hydrogen-bond acceptors (Lipinski definition) is 8. The molecule has 28 heavy (non-hydrogen) atoms. The third kappa shape index (κ3) is 4.42. The van der Waals surface area contributed by atoms with Crippen molar-refractivity contribution in [3.8, 4) is 17.6 Å². The number of rotatable bonds is 6. The first-order chi connectivity index (χ1) is 13.5. The van der Waals surface area contributed by atoms with Gasteiger partial charge >= 0.3 is 0 Å². The second-order valence-corrected chi connectivity index (χ2v) is 7.30. The van der Waals surface area contributed by atoms with Gasteiger partial charge in [-0.2, -0.15) is 5.26 Å². The minimum atomic E-state index is -0.525.